The molecule has 2 rings (SSSR count). The molecular weight excluding hydrogens is 232 g/mol. The van der Waals surface area contributed by atoms with Gasteiger partial charge in [0.2, 0.25) is 0 Å². The summed E-state index contributed by atoms with van der Waals surface area (Å²) in [4.78, 5) is 26.3. The smallest absolute Gasteiger partial charge is 0.326 e. The maximum absolute atomic E-state index is 12.3. The molecule has 0 radical (unpaired) electrons. The van der Waals surface area contributed by atoms with E-state index in [2.05, 4.69) is 0 Å². The van der Waals surface area contributed by atoms with Crippen LogP contribution in [0.15, 0.2) is 30.3 Å². The number of aliphatic carboxylic acids is 1. The van der Waals surface area contributed by atoms with Gasteiger partial charge in [-0.15, -0.1) is 0 Å². The largest absolute Gasteiger partial charge is 0.480 e. The molecule has 1 heterocycles. The number of anilines is 1. The highest BCUT2D eigenvalue weighted by molar-refractivity contribution is 5.95. The van der Waals surface area contributed by atoms with Gasteiger partial charge in [-0.05, 0) is 25.5 Å². The summed E-state index contributed by atoms with van der Waals surface area (Å²) in [6.07, 6.45) is 0.776. The molecular formula is C13H16N2O3. The molecule has 2 amide bonds. The average Bonchev–Trinajstić information content (AvgIpc) is 2.39. The minimum absolute atomic E-state index is 0.234. The van der Waals surface area contributed by atoms with Gasteiger partial charge in [0.25, 0.3) is 0 Å². The molecule has 0 spiro atoms. The van der Waals surface area contributed by atoms with Gasteiger partial charge in [-0.1, -0.05) is 18.2 Å². The Kier molecular flexibility index (Phi) is 3.50. The van der Waals surface area contributed by atoms with Crippen molar-refractivity contribution >= 4 is 17.7 Å². The van der Waals surface area contributed by atoms with Crippen LogP contribution in [-0.2, 0) is 4.79 Å². The van der Waals surface area contributed by atoms with Crippen molar-refractivity contribution in [3.63, 3.8) is 0 Å². The minimum Gasteiger partial charge on any atom is -0.480 e. The summed E-state index contributed by atoms with van der Waals surface area (Å²) in [5.74, 6) is -0.974. The zero-order chi connectivity index (χ0) is 13.1. The van der Waals surface area contributed by atoms with E-state index in [0.717, 1.165) is 12.1 Å². The van der Waals surface area contributed by atoms with Crippen molar-refractivity contribution in [3.05, 3.63) is 30.3 Å². The number of para-hydroxylation sites is 1. The number of carbonyl (C=O) groups excluding carboxylic acids is 1. The lowest BCUT2D eigenvalue weighted by Crippen LogP contribution is -2.54. The third-order valence-electron chi connectivity index (χ3n) is 3.15. The molecule has 1 saturated heterocycles. The Morgan fingerprint density at radius 3 is 2.56 bits per heavy atom. The fourth-order valence-corrected chi connectivity index (χ4v) is 2.09. The van der Waals surface area contributed by atoms with Gasteiger partial charge in [-0.2, -0.15) is 0 Å². The lowest BCUT2D eigenvalue weighted by molar-refractivity contribution is -0.141. The second-order valence-corrected chi connectivity index (χ2v) is 4.33. The summed E-state index contributed by atoms with van der Waals surface area (Å²) in [6, 6.07) is 8.30. The predicted octanol–water partition coefficient (Wildman–Crippen LogP) is 1.79. The van der Waals surface area contributed by atoms with Gasteiger partial charge in [0, 0.05) is 18.8 Å². The van der Waals surface area contributed by atoms with Crippen molar-refractivity contribution in [2.45, 2.75) is 19.4 Å². The number of hydrogen-bond acceptors (Lipinski definition) is 2. The van der Waals surface area contributed by atoms with Crippen molar-refractivity contribution in [2.75, 3.05) is 18.0 Å². The number of amides is 2. The van der Waals surface area contributed by atoms with Crippen LogP contribution in [0.25, 0.3) is 0 Å². The van der Waals surface area contributed by atoms with Crippen LogP contribution in [-0.4, -0.2) is 41.1 Å². The van der Waals surface area contributed by atoms with Crippen LogP contribution in [0.1, 0.15) is 13.3 Å². The van der Waals surface area contributed by atoms with E-state index >= 15 is 0 Å². The SMILES string of the molecule is CC(C(=O)O)N1CCCN(c2ccccc2)C1=O. The molecule has 5 nitrogen and oxygen atoms in total. The number of hydrogen-bond donors (Lipinski definition) is 1. The molecule has 96 valence electrons. The van der Waals surface area contributed by atoms with Crippen molar-refractivity contribution in [3.8, 4) is 0 Å². The summed E-state index contributed by atoms with van der Waals surface area (Å²) in [6.45, 7) is 2.66. The van der Waals surface area contributed by atoms with Crippen LogP contribution in [0.3, 0.4) is 0 Å². The summed E-state index contributed by atoms with van der Waals surface area (Å²) in [5.41, 5.74) is 0.810. The topological polar surface area (TPSA) is 60.9 Å². The molecule has 0 aliphatic carbocycles. The molecule has 18 heavy (non-hydrogen) atoms. The van der Waals surface area contributed by atoms with Crippen LogP contribution < -0.4 is 4.90 Å². The highest BCUT2D eigenvalue weighted by Crippen LogP contribution is 2.20. The number of carbonyl (C=O) groups is 2. The van der Waals surface area contributed by atoms with Crippen LogP contribution in [0.5, 0.6) is 0 Å². The number of benzene rings is 1. The van der Waals surface area contributed by atoms with Gasteiger partial charge in [0.15, 0.2) is 0 Å². The fraction of sp³-hybridized carbons (Fsp3) is 0.385. The molecule has 5 heteroatoms. The van der Waals surface area contributed by atoms with E-state index in [1.165, 1.54) is 11.8 Å². The summed E-state index contributed by atoms with van der Waals surface area (Å²) in [5, 5.41) is 9.00. The first-order valence-corrected chi connectivity index (χ1v) is 5.97. The number of carboxylic acids is 1. The summed E-state index contributed by atoms with van der Waals surface area (Å²) in [7, 11) is 0. The molecule has 1 aliphatic rings. The van der Waals surface area contributed by atoms with Gasteiger partial charge in [-0.3, -0.25) is 4.90 Å². The van der Waals surface area contributed by atoms with E-state index in [-0.39, 0.29) is 6.03 Å². The standard InChI is InChI=1S/C13H16N2O3/c1-10(12(16)17)14-8-5-9-15(13(14)18)11-6-3-2-4-7-11/h2-4,6-7,10H,5,8-9H2,1H3,(H,16,17). The van der Waals surface area contributed by atoms with E-state index in [4.69, 9.17) is 5.11 Å². The lowest BCUT2D eigenvalue weighted by Gasteiger charge is -2.37. The quantitative estimate of drug-likeness (QED) is 0.887. The molecule has 0 bridgehead atoms. The van der Waals surface area contributed by atoms with Crippen LogP contribution in [0.2, 0.25) is 0 Å². The van der Waals surface area contributed by atoms with E-state index in [0.29, 0.717) is 13.1 Å². The molecule has 1 aromatic rings. The first kappa shape index (κ1) is 12.4. The minimum atomic E-state index is -0.974. The van der Waals surface area contributed by atoms with Gasteiger partial charge in [-0.25, -0.2) is 9.59 Å². The Bertz CT molecular complexity index is 447. The molecule has 0 aromatic heterocycles. The Labute approximate surface area is 106 Å². The fourth-order valence-electron chi connectivity index (χ4n) is 2.09. The predicted molar refractivity (Wildman–Crippen MR) is 67.6 cm³/mol. The monoisotopic (exact) mass is 248 g/mol. The van der Waals surface area contributed by atoms with E-state index < -0.39 is 12.0 Å². The highest BCUT2D eigenvalue weighted by atomic mass is 16.4. The van der Waals surface area contributed by atoms with Crippen molar-refractivity contribution in [1.29, 1.82) is 0 Å². The third-order valence-corrected chi connectivity index (χ3v) is 3.15. The van der Waals surface area contributed by atoms with Crippen molar-refractivity contribution < 1.29 is 14.7 Å². The maximum atomic E-state index is 12.3. The van der Waals surface area contributed by atoms with Crippen molar-refractivity contribution in [2.24, 2.45) is 0 Å². The van der Waals surface area contributed by atoms with E-state index in [1.807, 2.05) is 30.3 Å². The second-order valence-electron chi connectivity index (χ2n) is 4.33. The second kappa shape index (κ2) is 5.08. The molecule has 1 atom stereocenters. The Balaban J connectivity index is 2.20. The Hall–Kier alpha value is -2.04. The van der Waals surface area contributed by atoms with E-state index in [9.17, 15) is 9.59 Å². The zero-order valence-corrected chi connectivity index (χ0v) is 10.2. The average molecular weight is 248 g/mol. The molecule has 0 saturated carbocycles. The van der Waals surface area contributed by atoms with Crippen LogP contribution in [0.4, 0.5) is 10.5 Å². The van der Waals surface area contributed by atoms with Crippen molar-refractivity contribution in [1.82, 2.24) is 4.90 Å². The normalized spacial score (nSPS) is 17.7. The third kappa shape index (κ3) is 2.30. The summed E-state index contributed by atoms with van der Waals surface area (Å²) < 4.78 is 0. The maximum Gasteiger partial charge on any atom is 0.326 e. The van der Waals surface area contributed by atoms with E-state index in [1.54, 1.807) is 4.90 Å². The first-order valence-electron chi connectivity index (χ1n) is 5.97. The molecule has 1 aromatic carbocycles. The van der Waals surface area contributed by atoms with Crippen LogP contribution >= 0.6 is 0 Å². The molecule has 1 N–H and O–H groups in total. The number of rotatable bonds is 3. The van der Waals surface area contributed by atoms with Gasteiger partial charge < -0.3 is 10.0 Å². The van der Waals surface area contributed by atoms with Gasteiger partial charge in [0.05, 0.1) is 0 Å². The highest BCUT2D eigenvalue weighted by Gasteiger charge is 2.32. The van der Waals surface area contributed by atoms with Crippen LogP contribution in [0, 0.1) is 0 Å². The summed E-state index contributed by atoms with van der Waals surface area (Å²) >= 11 is 0. The van der Waals surface area contributed by atoms with Gasteiger partial charge in [0.1, 0.15) is 6.04 Å². The first-order chi connectivity index (χ1) is 8.61. The molecule has 1 fully saturated rings. The van der Waals surface area contributed by atoms with Gasteiger partial charge >= 0.3 is 12.0 Å². The molecule has 1 unspecified atom stereocenters. The Morgan fingerprint density at radius 2 is 1.94 bits per heavy atom. The number of nitrogens with zero attached hydrogens (tertiary/aromatic N) is 2. The number of carboxylic acid groups (broad SMARTS) is 1. The zero-order valence-electron chi connectivity index (χ0n) is 10.2. The molecule has 1 aliphatic heterocycles. The Morgan fingerprint density at radius 1 is 1.28 bits per heavy atom. The number of urea groups is 1. The lowest BCUT2D eigenvalue weighted by atomic mass is 10.2.